The SMILES string of the molecule is CCCCCOc1ccc(C(=O)NNC(=O)Cc2ccc(Cl)cc2)cc1. The molecule has 0 unspecified atom stereocenters. The van der Waals surface area contributed by atoms with Crippen molar-refractivity contribution in [2.24, 2.45) is 0 Å². The zero-order chi connectivity index (χ0) is 18.8. The van der Waals surface area contributed by atoms with Crippen LogP contribution in [0.3, 0.4) is 0 Å². The van der Waals surface area contributed by atoms with Gasteiger partial charge in [-0.25, -0.2) is 0 Å². The Morgan fingerprint density at radius 2 is 1.65 bits per heavy atom. The van der Waals surface area contributed by atoms with Crippen molar-refractivity contribution in [3.63, 3.8) is 0 Å². The van der Waals surface area contributed by atoms with E-state index in [0.717, 1.165) is 30.6 Å². The summed E-state index contributed by atoms with van der Waals surface area (Å²) >= 11 is 5.81. The quantitative estimate of drug-likeness (QED) is 0.543. The zero-order valence-electron chi connectivity index (χ0n) is 14.8. The zero-order valence-corrected chi connectivity index (χ0v) is 15.5. The van der Waals surface area contributed by atoms with Crippen LogP contribution in [0.5, 0.6) is 5.75 Å². The van der Waals surface area contributed by atoms with E-state index in [1.165, 1.54) is 0 Å². The lowest BCUT2D eigenvalue weighted by atomic mass is 10.1. The van der Waals surface area contributed by atoms with Gasteiger partial charge in [-0.2, -0.15) is 0 Å². The van der Waals surface area contributed by atoms with E-state index < -0.39 is 0 Å². The van der Waals surface area contributed by atoms with E-state index in [1.807, 2.05) is 0 Å². The Morgan fingerprint density at radius 3 is 2.31 bits per heavy atom. The molecular weight excluding hydrogens is 352 g/mol. The van der Waals surface area contributed by atoms with E-state index in [1.54, 1.807) is 48.5 Å². The Kier molecular flexibility index (Phi) is 7.96. The van der Waals surface area contributed by atoms with Gasteiger partial charge in [0, 0.05) is 10.6 Å². The van der Waals surface area contributed by atoms with Crippen LogP contribution in [0.15, 0.2) is 48.5 Å². The molecule has 2 aromatic rings. The smallest absolute Gasteiger partial charge is 0.269 e. The van der Waals surface area contributed by atoms with Crippen molar-refractivity contribution < 1.29 is 14.3 Å². The highest BCUT2D eigenvalue weighted by Gasteiger charge is 2.08. The van der Waals surface area contributed by atoms with Crippen LogP contribution in [0, 0.1) is 0 Å². The highest BCUT2D eigenvalue weighted by Crippen LogP contribution is 2.13. The molecule has 0 spiro atoms. The molecule has 138 valence electrons. The highest BCUT2D eigenvalue weighted by molar-refractivity contribution is 6.30. The number of nitrogens with one attached hydrogen (secondary N) is 2. The number of carbonyl (C=O) groups is 2. The molecule has 6 heteroatoms. The monoisotopic (exact) mass is 374 g/mol. The molecule has 0 saturated carbocycles. The number of ether oxygens (including phenoxy) is 1. The second kappa shape index (κ2) is 10.5. The molecule has 2 N–H and O–H groups in total. The first-order valence-corrected chi connectivity index (χ1v) is 9.02. The molecule has 2 aromatic carbocycles. The number of hydrazine groups is 1. The first kappa shape index (κ1) is 19.8. The third-order valence-corrected chi connectivity index (χ3v) is 3.98. The van der Waals surface area contributed by atoms with Gasteiger partial charge in [-0.15, -0.1) is 0 Å². The van der Waals surface area contributed by atoms with Crippen LogP contribution in [0.2, 0.25) is 5.02 Å². The van der Waals surface area contributed by atoms with Gasteiger partial charge in [0.25, 0.3) is 5.91 Å². The van der Waals surface area contributed by atoms with Crippen molar-refractivity contribution >= 4 is 23.4 Å². The van der Waals surface area contributed by atoms with E-state index in [4.69, 9.17) is 16.3 Å². The maximum atomic E-state index is 12.1. The second-order valence-corrected chi connectivity index (χ2v) is 6.32. The average molecular weight is 375 g/mol. The molecule has 26 heavy (non-hydrogen) atoms. The molecule has 0 heterocycles. The van der Waals surface area contributed by atoms with Crippen LogP contribution in [0.1, 0.15) is 42.1 Å². The van der Waals surface area contributed by atoms with E-state index in [0.29, 0.717) is 17.2 Å². The van der Waals surface area contributed by atoms with Gasteiger partial charge in [-0.1, -0.05) is 43.5 Å². The molecule has 0 saturated heterocycles. The molecule has 0 radical (unpaired) electrons. The molecule has 0 fully saturated rings. The molecule has 0 aliphatic rings. The first-order chi connectivity index (χ1) is 12.6. The maximum Gasteiger partial charge on any atom is 0.269 e. The Hall–Kier alpha value is -2.53. The largest absolute Gasteiger partial charge is 0.494 e. The van der Waals surface area contributed by atoms with Crippen molar-refractivity contribution in [1.29, 1.82) is 0 Å². The summed E-state index contributed by atoms with van der Waals surface area (Å²) < 4.78 is 5.60. The number of rotatable bonds is 8. The molecule has 5 nitrogen and oxygen atoms in total. The number of benzene rings is 2. The molecule has 2 amide bonds. The Morgan fingerprint density at radius 1 is 0.962 bits per heavy atom. The van der Waals surface area contributed by atoms with Crippen molar-refractivity contribution in [2.75, 3.05) is 6.61 Å². The summed E-state index contributed by atoms with van der Waals surface area (Å²) in [6.07, 6.45) is 3.45. The van der Waals surface area contributed by atoms with Crippen molar-refractivity contribution in [2.45, 2.75) is 32.6 Å². The Bertz CT molecular complexity index is 715. The third kappa shape index (κ3) is 6.76. The minimum absolute atomic E-state index is 0.155. The number of carbonyl (C=O) groups excluding carboxylic acids is 2. The van der Waals surface area contributed by atoms with Gasteiger partial charge in [-0.3, -0.25) is 20.4 Å². The van der Waals surface area contributed by atoms with Gasteiger partial charge in [-0.05, 0) is 48.4 Å². The van der Waals surface area contributed by atoms with Gasteiger partial charge in [0.05, 0.1) is 13.0 Å². The summed E-state index contributed by atoms with van der Waals surface area (Å²) in [5.74, 6) is 0.0352. The average Bonchev–Trinajstić information content (AvgIpc) is 2.66. The molecule has 0 aromatic heterocycles. The molecule has 0 atom stereocenters. The number of halogens is 1. The standard InChI is InChI=1S/C20H23ClN2O3/c1-2-3-4-13-26-18-11-7-16(8-12-18)20(25)23-22-19(24)14-15-5-9-17(21)10-6-15/h5-12H,2-4,13-14H2,1H3,(H,22,24)(H,23,25). The van der Waals surface area contributed by atoms with Crippen molar-refractivity contribution in [3.05, 3.63) is 64.7 Å². The van der Waals surface area contributed by atoms with Crippen LogP contribution in [-0.4, -0.2) is 18.4 Å². The van der Waals surface area contributed by atoms with Gasteiger partial charge < -0.3 is 4.74 Å². The van der Waals surface area contributed by atoms with Crippen molar-refractivity contribution in [1.82, 2.24) is 10.9 Å². The molecule has 2 rings (SSSR count). The third-order valence-electron chi connectivity index (χ3n) is 3.73. The minimum atomic E-state index is -0.382. The molecule has 0 bridgehead atoms. The maximum absolute atomic E-state index is 12.1. The van der Waals surface area contributed by atoms with Crippen LogP contribution >= 0.6 is 11.6 Å². The number of amides is 2. The second-order valence-electron chi connectivity index (χ2n) is 5.89. The van der Waals surface area contributed by atoms with Crippen molar-refractivity contribution in [3.8, 4) is 5.75 Å². The highest BCUT2D eigenvalue weighted by atomic mass is 35.5. The topological polar surface area (TPSA) is 67.4 Å². The Balaban J connectivity index is 1.76. The normalized spacial score (nSPS) is 10.2. The van der Waals surface area contributed by atoms with Crippen LogP contribution in [0.4, 0.5) is 0 Å². The summed E-state index contributed by atoms with van der Waals surface area (Å²) in [4.78, 5) is 24.0. The van der Waals surface area contributed by atoms with Crippen LogP contribution in [0.25, 0.3) is 0 Å². The van der Waals surface area contributed by atoms with E-state index >= 15 is 0 Å². The van der Waals surface area contributed by atoms with E-state index in [-0.39, 0.29) is 18.2 Å². The predicted octanol–water partition coefficient (Wildman–Crippen LogP) is 3.91. The summed E-state index contributed by atoms with van der Waals surface area (Å²) in [6, 6.07) is 13.8. The van der Waals surface area contributed by atoms with Gasteiger partial charge in [0.1, 0.15) is 5.75 Å². The lowest BCUT2D eigenvalue weighted by Crippen LogP contribution is -2.42. The first-order valence-electron chi connectivity index (χ1n) is 8.65. The van der Waals surface area contributed by atoms with Gasteiger partial charge in [0.15, 0.2) is 0 Å². The van der Waals surface area contributed by atoms with E-state index in [2.05, 4.69) is 17.8 Å². The summed E-state index contributed by atoms with van der Waals surface area (Å²) in [5, 5.41) is 0.611. The molecular formula is C20H23ClN2O3. The number of hydrogen-bond acceptors (Lipinski definition) is 3. The summed E-state index contributed by atoms with van der Waals surface area (Å²) in [5.41, 5.74) is 6.06. The Labute approximate surface area is 158 Å². The lowest BCUT2D eigenvalue weighted by molar-refractivity contribution is -0.121. The summed E-state index contributed by atoms with van der Waals surface area (Å²) in [7, 11) is 0. The predicted molar refractivity (Wildman–Crippen MR) is 102 cm³/mol. The number of unbranched alkanes of at least 4 members (excludes halogenated alkanes) is 2. The van der Waals surface area contributed by atoms with Crippen LogP contribution in [-0.2, 0) is 11.2 Å². The fourth-order valence-electron chi connectivity index (χ4n) is 2.28. The van der Waals surface area contributed by atoms with Gasteiger partial charge >= 0.3 is 0 Å². The van der Waals surface area contributed by atoms with Gasteiger partial charge in [0.2, 0.25) is 5.91 Å². The number of hydrogen-bond donors (Lipinski definition) is 2. The van der Waals surface area contributed by atoms with E-state index in [9.17, 15) is 9.59 Å². The molecule has 0 aliphatic carbocycles. The summed E-state index contributed by atoms with van der Waals surface area (Å²) in [6.45, 7) is 2.81. The lowest BCUT2D eigenvalue weighted by Gasteiger charge is -2.09. The fourth-order valence-corrected chi connectivity index (χ4v) is 2.40. The molecule has 0 aliphatic heterocycles. The minimum Gasteiger partial charge on any atom is -0.494 e. The van der Waals surface area contributed by atoms with Crippen LogP contribution < -0.4 is 15.6 Å². The fraction of sp³-hybridized carbons (Fsp3) is 0.300.